The van der Waals surface area contributed by atoms with Gasteiger partial charge < -0.3 is 9.64 Å². The number of aryl methyl sites for hydroxylation is 2. The van der Waals surface area contributed by atoms with Crippen LogP contribution in [0.1, 0.15) is 54.6 Å². The second kappa shape index (κ2) is 10.5. The summed E-state index contributed by atoms with van der Waals surface area (Å²) < 4.78 is 33.2. The maximum atomic E-state index is 13.1. The van der Waals surface area contributed by atoms with Crippen LogP contribution in [0.3, 0.4) is 0 Å². The van der Waals surface area contributed by atoms with Crippen molar-refractivity contribution in [3.8, 4) is 5.75 Å². The molecule has 2 aromatic rings. The van der Waals surface area contributed by atoms with Gasteiger partial charge in [0.15, 0.2) is 0 Å². The number of likely N-dealkylation sites (tertiary alicyclic amines) is 1. The molecule has 0 radical (unpaired) electrons. The summed E-state index contributed by atoms with van der Waals surface area (Å²) in [6.45, 7) is 6.98. The van der Waals surface area contributed by atoms with E-state index in [2.05, 4.69) is 35.9 Å². The summed E-state index contributed by atoms with van der Waals surface area (Å²) in [6, 6.07) is 13.0. The van der Waals surface area contributed by atoms with Crippen molar-refractivity contribution in [1.29, 1.82) is 0 Å². The van der Waals surface area contributed by atoms with Gasteiger partial charge in [-0.25, -0.2) is 13.1 Å². The van der Waals surface area contributed by atoms with Crippen LogP contribution in [0.5, 0.6) is 5.75 Å². The maximum absolute atomic E-state index is 13.1. The smallest absolute Gasteiger partial charge is 0.253 e. The van der Waals surface area contributed by atoms with Gasteiger partial charge in [0.2, 0.25) is 10.0 Å². The molecule has 0 saturated carbocycles. The number of ether oxygens (including phenoxy) is 1. The second-order valence-corrected chi connectivity index (χ2v) is 10.6. The number of nitrogens with one attached hydrogen (secondary N) is 1. The van der Waals surface area contributed by atoms with Crippen LogP contribution in [0.2, 0.25) is 0 Å². The maximum Gasteiger partial charge on any atom is 0.253 e. The molecule has 3 rings (SSSR count). The van der Waals surface area contributed by atoms with E-state index in [1.54, 1.807) is 26.0 Å². The first-order valence-corrected chi connectivity index (χ1v) is 12.7. The summed E-state index contributed by atoms with van der Waals surface area (Å²) >= 11 is 0. The Hall–Kier alpha value is -2.38. The Morgan fingerprint density at radius 2 is 1.78 bits per heavy atom. The van der Waals surface area contributed by atoms with E-state index in [0.717, 1.165) is 25.7 Å². The van der Waals surface area contributed by atoms with Crippen LogP contribution in [0, 0.1) is 12.8 Å². The summed E-state index contributed by atoms with van der Waals surface area (Å²) in [5, 5.41) is 0. The lowest BCUT2D eigenvalue weighted by Crippen LogP contribution is -2.38. The van der Waals surface area contributed by atoms with E-state index < -0.39 is 10.0 Å². The van der Waals surface area contributed by atoms with Gasteiger partial charge in [0.05, 0.1) is 7.11 Å². The molecule has 6 nitrogen and oxygen atoms in total. The largest absolute Gasteiger partial charge is 0.495 e. The number of hydrogen-bond donors (Lipinski definition) is 1. The van der Waals surface area contributed by atoms with Gasteiger partial charge in [0.1, 0.15) is 10.6 Å². The van der Waals surface area contributed by atoms with Crippen LogP contribution >= 0.6 is 0 Å². The van der Waals surface area contributed by atoms with Crippen molar-refractivity contribution < 1.29 is 17.9 Å². The van der Waals surface area contributed by atoms with E-state index in [1.165, 1.54) is 24.3 Å². The van der Waals surface area contributed by atoms with Crippen LogP contribution in [-0.4, -0.2) is 45.5 Å². The molecule has 0 aromatic heterocycles. The first kappa shape index (κ1) is 24.3. The van der Waals surface area contributed by atoms with E-state index in [4.69, 9.17) is 4.74 Å². The van der Waals surface area contributed by atoms with Crippen molar-refractivity contribution in [3.05, 3.63) is 59.2 Å². The predicted molar refractivity (Wildman–Crippen MR) is 127 cm³/mol. The molecule has 0 unspecified atom stereocenters. The average molecular weight is 459 g/mol. The highest BCUT2D eigenvalue weighted by molar-refractivity contribution is 7.89. The minimum Gasteiger partial charge on any atom is -0.495 e. The highest BCUT2D eigenvalue weighted by Gasteiger charge is 2.26. The van der Waals surface area contributed by atoms with Crippen LogP contribution in [0.4, 0.5) is 0 Å². The number of sulfonamides is 1. The Morgan fingerprint density at radius 3 is 2.38 bits per heavy atom. The first-order valence-electron chi connectivity index (χ1n) is 11.2. The standard InChI is InChI=1S/C25H34N2O4S/c1-18(2)26-32(29,30)24-17-22(11-12-23(24)31-4)25(28)27-15-13-21(14-16-27)10-9-20-7-5-19(3)6-8-20/h5-8,11-12,17-18,21,26H,9-10,13-16H2,1-4H3. The molecule has 0 atom stereocenters. The van der Waals surface area contributed by atoms with Gasteiger partial charge in [-0.2, -0.15) is 0 Å². The molecule has 0 aliphatic carbocycles. The zero-order valence-electron chi connectivity index (χ0n) is 19.4. The van der Waals surface area contributed by atoms with Crippen molar-refractivity contribution in [2.45, 2.75) is 57.4 Å². The Labute approximate surface area is 192 Å². The lowest BCUT2D eigenvalue weighted by atomic mass is 9.90. The summed E-state index contributed by atoms with van der Waals surface area (Å²) in [5.41, 5.74) is 3.00. The third-order valence-corrected chi connectivity index (χ3v) is 7.63. The number of piperidine rings is 1. The summed E-state index contributed by atoms with van der Waals surface area (Å²) in [5.74, 6) is 0.692. The van der Waals surface area contributed by atoms with Gasteiger partial charge in [-0.3, -0.25) is 4.79 Å². The molecule has 2 aromatic carbocycles. The number of benzene rings is 2. The molecule has 1 aliphatic heterocycles. The van der Waals surface area contributed by atoms with Gasteiger partial charge in [0.25, 0.3) is 5.91 Å². The van der Waals surface area contributed by atoms with E-state index in [-0.39, 0.29) is 22.6 Å². The number of amides is 1. The van der Waals surface area contributed by atoms with E-state index in [9.17, 15) is 13.2 Å². The molecule has 1 N–H and O–H groups in total. The zero-order chi connectivity index (χ0) is 23.3. The molecule has 1 amide bonds. The lowest BCUT2D eigenvalue weighted by Gasteiger charge is -2.32. The van der Waals surface area contributed by atoms with Gasteiger partial charge >= 0.3 is 0 Å². The fourth-order valence-corrected chi connectivity index (χ4v) is 5.57. The molecule has 1 saturated heterocycles. The number of rotatable bonds is 8. The van der Waals surface area contributed by atoms with Crippen LogP contribution in [0.25, 0.3) is 0 Å². The normalized spacial score (nSPS) is 15.2. The van der Waals surface area contributed by atoms with Crippen molar-refractivity contribution >= 4 is 15.9 Å². The summed E-state index contributed by atoms with van der Waals surface area (Å²) in [7, 11) is -2.36. The number of nitrogens with zero attached hydrogens (tertiary/aromatic N) is 1. The molecule has 1 fully saturated rings. The van der Waals surface area contributed by atoms with Gasteiger partial charge in [-0.15, -0.1) is 0 Å². The zero-order valence-corrected chi connectivity index (χ0v) is 20.2. The molecule has 0 spiro atoms. The van der Waals surface area contributed by atoms with E-state index >= 15 is 0 Å². The van der Waals surface area contributed by atoms with Crippen LogP contribution < -0.4 is 9.46 Å². The Balaban J connectivity index is 1.63. The molecule has 32 heavy (non-hydrogen) atoms. The fraction of sp³-hybridized carbons (Fsp3) is 0.480. The quantitative estimate of drug-likeness (QED) is 0.644. The average Bonchev–Trinajstić information content (AvgIpc) is 2.77. The number of hydrogen-bond acceptors (Lipinski definition) is 4. The van der Waals surface area contributed by atoms with Gasteiger partial charge in [-0.1, -0.05) is 29.8 Å². The Morgan fingerprint density at radius 1 is 1.12 bits per heavy atom. The van der Waals surface area contributed by atoms with Gasteiger partial charge in [0, 0.05) is 24.7 Å². The van der Waals surface area contributed by atoms with Gasteiger partial charge in [-0.05, 0) is 76.1 Å². The lowest BCUT2D eigenvalue weighted by molar-refractivity contribution is 0.0686. The van der Waals surface area contributed by atoms with Crippen molar-refractivity contribution in [2.75, 3.05) is 20.2 Å². The molecule has 0 bridgehead atoms. The van der Waals surface area contributed by atoms with Crippen molar-refractivity contribution in [2.24, 2.45) is 5.92 Å². The topological polar surface area (TPSA) is 75.7 Å². The van der Waals surface area contributed by atoms with E-state index in [1.807, 2.05) is 4.90 Å². The van der Waals surface area contributed by atoms with Crippen LogP contribution in [0.15, 0.2) is 47.4 Å². The first-order chi connectivity index (χ1) is 15.2. The minimum absolute atomic E-state index is 0.00691. The molecule has 1 heterocycles. The monoisotopic (exact) mass is 458 g/mol. The third-order valence-electron chi connectivity index (χ3n) is 5.95. The molecule has 7 heteroatoms. The predicted octanol–water partition coefficient (Wildman–Crippen LogP) is 4.18. The third kappa shape index (κ3) is 6.11. The number of carbonyl (C=O) groups excluding carboxylic acids is 1. The second-order valence-electron chi connectivity index (χ2n) is 8.90. The highest BCUT2D eigenvalue weighted by Crippen LogP contribution is 2.28. The summed E-state index contributed by atoms with van der Waals surface area (Å²) in [6.07, 6.45) is 4.11. The molecular weight excluding hydrogens is 424 g/mol. The highest BCUT2D eigenvalue weighted by atomic mass is 32.2. The molecule has 1 aliphatic rings. The van der Waals surface area contributed by atoms with Crippen molar-refractivity contribution in [3.63, 3.8) is 0 Å². The SMILES string of the molecule is COc1ccc(C(=O)N2CCC(CCc3ccc(C)cc3)CC2)cc1S(=O)(=O)NC(C)C. The fourth-order valence-electron chi connectivity index (χ4n) is 4.13. The molecule has 174 valence electrons. The Kier molecular flexibility index (Phi) is 7.96. The number of carbonyl (C=O) groups is 1. The van der Waals surface area contributed by atoms with E-state index in [0.29, 0.717) is 24.6 Å². The van der Waals surface area contributed by atoms with Crippen LogP contribution in [-0.2, 0) is 16.4 Å². The summed E-state index contributed by atoms with van der Waals surface area (Å²) in [4.78, 5) is 14.9. The molecular formula is C25H34N2O4S. The van der Waals surface area contributed by atoms with Crippen molar-refractivity contribution in [1.82, 2.24) is 9.62 Å². The minimum atomic E-state index is -3.78. The Bertz CT molecular complexity index is 1020. The number of methoxy groups -OCH3 is 1.